The molecular formula is C5H7NO. The number of nitriles is 1. The molecule has 0 spiro atoms. The van der Waals surface area contributed by atoms with Crippen molar-refractivity contribution in [3.63, 3.8) is 0 Å². The first-order valence-electron chi connectivity index (χ1n) is 1.95. The maximum atomic E-state index is 8.45. The summed E-state index contributed by atoms with van der Waals surface area (Å²) in [4.78, 5) is 0. The van der Waals surface area contributed by atoms with Crippen LogP contribution in [0.2, 0.25) is 0 Å². The summed E-state index contributed by atoms with van der Waals surface area (Å²) >= 11 is 0. The average Bonchev–Trinajstić information content (AvgIpc) is 1.65. The van der Waals surface area contributed by atoms with Crippen molar-refractivity contribution in [1.82, 2.24) is 0 Å². The Hall–Kier alpha value is -0.970. The van der Waals surface area contributed by atoms with Gasteiger partial charge in [-0.2, -0.15) is 5.26 Å². The van der Waals surface area contributed by atoms with Crippen LogP contribution in [0, 0.1) is 11.3 Å². The van der Waals surface area contributed by atoms with Crippen LogP contribution < -0.4 is 0 Å². The summed E-state index contributed by atoms with van der Waals surface area (Å²) in [5.74, 6) is -0.181. The summed E-state index contributed by atoms with van der Waals surface area (Å²) < 4.78 is 0. The van der Waals surface area contributed by atoms with E-state index in [-0.39, 0.29) is 5.76 Å². The summed E-state index contributed by atoms with van der Waals surface area (Å²) in [6.45, 7) is 3.36. The van der Waals surface area contributed by atoms with Gasteiger partial charge in [0.2, 0.25) is 0 Å². The number of allylic oxidation sites excluding steroid dienone is 2. The SMILES string of the molecule is CC(C)=C(O)C#N. The molecule has 0 heterocycles. The second-order valence-electron chi connectivity index (χ2n) is 1.46. The highest BCUT2D eigenvalue weighted by molar-refractivity contribution is 5.16. The third-order valence-corrected chi connectivity index (χ3v) is 0.580. The molecule has 0 radical (unpaired) electrons. The topological polar surface area (TPSA) is 44.0 Å². The minimum atomic E-state index is -0.181. The lowest BCUT2D eigenvalue weighted by molar-refractivity contribution is 0.430. The van der Waals surface area contributed by atoms with Crippen molar-refractivity contribution in [3.8, 4) is 6.07 Å². The van der Waals surface area contributed by atoms with Gasteiger partial charge in [0.1, 0.15) is 6.07 Å². The first-order valence-corrected chi connectivity index (χ1v) is 1.95. The van der Waals surface area contributed by atoms with Crippen LogP contribution in [0.1, 0.15) is 13.8 Å². The van der Waals surface area contributed by atoms with Crippen LogP contribution in [-0.2, 0) is 0 Å². The van der Waals surface area contributed by atoms with E-state index >= 15 is 0 Å². The van der Waals surface area contributed by atoms with Crippen LogP contribution >= 0.6 is 0 Å². The van der Waals surface area contributed by atoms with Crippen LogP contribution in [0.15, 0.2) is 11.3 Å². The Morgan fingerprint density at radius 2 is 2.00 bits per heavy atom. The molecule has 0 atom stereocenters. The zero-order valence-electron chi connectivity index (χ0n) is 4.39. The van der Waals surface area contributed by atoms with Gasteiger partial charge in [-0.1, -0.05) is 0 Å². The van der Waals surface area contributed by atoms with E-state index in [0.717, 1.165) is 0 Å². The Balaban J connectivity index is 4.07. The number of nitrogens with zero attached hydrogens (tertiary/aromatic N) is 1. The van der Waals surface area contributed by atoms with Gasteiger partial charge >= 0.3 is 0 Å². The van der Waals surface area contributed by atoms with Crippen LogP contribution in [0.3, 0.4) is 0 Å². The van der Waals surface area contributed by atoms with Crippen LogP contribution in [0.5, 0.6) is 0 Å². The molecule has 0 aliphatic carbocycles. The Morgan fingerprint density at radius 1 is 1.57 bits per heavy atom. The molecule has 0 aromatic heterocycles. The molecular weight excluding hydrogens is 90.1 g/mol. The highest BCUT2D eigenvalue weighted by Gasteiger charge is 1.86. The Bertz CT molecular complexity index is 126. The third kappa shape index (κ3) is 1.83. The zero-order chi connectivity index (χ0) is 5.86. The first kappa shape index (κ1) is 6.03. The maximum Gasteiger partial charge on any atom is 0.193 e. The minimum Gasteiger partial charge on any atom is -0.499 e. The van der Waals surface area contributed by atoms with Gasteiger partial charge in [-0.25, -0.2) is 0 Å². The van der Waals surface area contributed by atoms with E-state index in [9.17, 15) is 0 Å². The van der Waals surface area contributed by atoms with Crippen LogP contribution in [0.25, 0.3) is 0 Å². The molecule has 0 bridgehead atoms. The van der Waals surface area contributed by atoms with E-state index in [1.165, 1.54) is 0 Å². The predicted molar refractivity (Wildman–Crippen MR) is 26.6 cm³/mol. The smallest absolute Gasteiger partial charge is 0.193 e. The van der Waals surface area contributed by atoms with Crippen molar-refractivity contribution in [2.75, 3.05) is 0 Å². The Morgan fingerprint density at radius 3 is 2.00 bits per heavy atom. The Labute approximate surface area is 42.7 Å². The highest BCUT2D eigenvalue weighted by atomic mass is 16.3. The summed E-state index contributed by atoms with van der Waals surface area (Å²) in [5.41, 5.74) is 0.655. The van der Waals surface area contributed by atoms with E-state index < -0.39 is 0 Å². The van der Waals surface area contributed by atoms with Gasteiger partial charge in [-0.3, -0.25) is 0 Å². The lowest BCUT2D eigenvalue weighted by Gasteiger charge is -1.83. The molecule has 0 unspecified atom stereocenters. The fraction of sp³-hybridized carbons (Fsp3) is 0.400. The van der Waals surface area contributed by atoms with E-state index in [1.54, 1.807) is 19.9 Å². The third-order valence-electron chi connectivity index (χ3n) is 0.580. The average molecular weight is 97.1 g/mol. The lowest BCUT2D eigenvalue weighted by Crippen LogP contribution is -1.75. The van der Waals surface area contributed by atoms with Crippen molar-refractivity contribution in [1.29, 1.82) is 5.26 Å². The second kappa shape index (κ2) is 2.25. The zero-order valence-corrected chi connectivity index (χ0v) is 4.39. The number of hydrogen-bond donors (Lipinski definition) is 1. The summed E-state index contributed by atoms with van der Waals surface area (Å²) in [6, 6.07) is 1.60. The second-order valence-corrected chi connectivity index (χ2v) is 1.46. The molecule has 0 amide bonds. The molecule has 38 valence electrons. The van der Waals surface area contributed by atoms with Gasteiger partial charge in [0.15, 0.2) is 5.76 Å². The summed E-state index contributed by atoms with van der Waals surface area (Å²) in [6.07, 6.45) is 0. The molecule has 0 rings (SSSR count). The first-order chi connectivity index (χ1) is 3.18. The van der Waals surface area contributed by atoms with Crippen molar-refractivity contribution in [3.05, 3.63) is 11.3 Å². The van der Waals surface area contributed by atoms with E-state index in [0.29, 0.717) is 5.57 Å². The molecule has 0 saturated heterocycles. The number of hydrogen-bond acceptors (Lipinski definition) is 2. The maximum absolute atomic E-state index is 8.45. The monoisotopic (exact) mass is 97.1 g/mol. The molecule has 0 aromatic carbocycles. The molecule has 0 saturated carbocycles. The van der Waals surface area contributed by atoms with E-state index in [1.807, 2.05) is 0 Å². The number of rotatable bonds is 0. The van der Waals surface area contributed by atoms with Gasteiger partial charge in [0.25, 0.3) is 0 Å². The fourth-order valence-corrected chi connectivity index (χ4v) is 0.112. The molecule has 7 heavy (non-hydrogen) atoms. The van der Waals surface area contributed by atoms with Crippen molar-refractivity contribution < 1.29 is 5.11 Å². The molecule has 0 aromatic rings. The molecule has 0 fully saturated rings. The highest BCUT2D eigenvalue weighted by Crippen LogP contribution is 1.94. The van der Waals surface area contributed by atoms with Gasteiger partial charge in [0, 0.05) is 0 Å². The molecule has 1 N–H and O–H groups in total. The van der Waals surface area contributed by atoms with Crippen molar-refractivity contribution in [2.24, 2.45) is 0 Å². The van der Waals surface area contributed by atoms with Gasteiger partial charge in [0.05, 0.1) is 0 Å². The van der Waals surface area contributed by atoms with Gasteiger partial charge < -0.3 is 5.11 Å². The Kier molecular flexibility index (Phi) is 1.94. The van der Waals surface area contributed by atoms with Gasteiger partial charge in [-0.05, 0) is 19.4 Å². The quantitative estimate of drug-likeness (QED) is 0.282. The number of aliphatic hydroxyl groups excluding tert-OH is 1. The standard InChI is InChI=1S/C5H7NO/c1-4(2)5(7)3-6/h7H,1-2H3. The predicted octanol–water partition coefficient (Wildman–Crippen LogP) is 1.36. The van der Waals surface area contributed by atoms with Crippen LogP contribution in [-0.4, -0.2) is 5.11 Å². The largest absolute Gasteiger partial charge is 0.499 e. The molecule has 2 heteroatoms. The van der Waals surface area contributed by atoms with E-state index in [2.05, 4.69) is 0 Å². The summed E-state index contributed by atoms with van der Waals surface area (Å²) in [5, 5.41) is 16.4. The molecule has 2 nitrogen and oxygen atoms in total. The van der Waals surface area contributed by atoms with Crippen molar-refractivity contribution in [2.45, 2.75) is 13.8 Å². The minimum absolute atomic E-state index is 0.181. The van der Waals surface area contributed by atoms with Gasteiger partial charge in [-0.15, -0.1) is 0 Å². The normalized spacial score (nSPS) is 7.00. The lowest BCUT2D eigenvalue weighted by atomic mass is 10.3. The van der Waals surface area contributed by atoms with Crippen LogP contribution in [0.4, 0.5) is 0 Å². The van der Waals surface area contributed by atoms with E-state index in [4.69, 9.17) is 10.4 Å². The molecule has 0 aliphatic rings. The number of aliphatic hydroxyl groups is 1. The molecule has 0 aliphatic heterocycles. The van der Waals surface area contributed by atoms with Crippen molar-refractivity contribution >= 4 is 0 Å². The fourth-order valence-electron chi connectivity index (χ4n) is 0.112. The summed E-state index contributed by atoms with van der Waals surface area (Å²) in [7, 11) is 0.